The topological polar surface area (TPSA) is 64.7 Å². The summed E-state index contributed by atoms with van der Waals surface area (Å²) in [6, 6.07) is 15.4. The lowest BCUT2D eigenvalue weighted by Crippen LogP contribution is -2.10. The highest BCUT2D eigenvalue weighted by molar-refractivity contribution is 5.33. The predicted octanol–water partition coefficient (Wildman–Crippen LogP) is 2.14. The number of aliphatic hydroxyl groups excluding tert-OH is 1. The molecule has 0 spiro atoms. The maximum absolute atomic E-state index is 8.86. The van der Waals surface area contributed by atoms with Crippen LogP contribution in [-0.2, 0) is 13.0 Å². The van der Waals surface area contributed by atoms with Gasteiger partial charge < -0.3 is 20.3 Å². The Morgan fingerprint density at radius 2 is 1.62 bits per heavy atom. The number of aliphatic hydroxyl groups is 1. The van der Waals surface area contributed by atoms with Crippen molar-refractivity contribution < 1.29 is 14.6 Å². The first kappa shape index (κ1) is 15.4. The van der Waals surface area contributed by atoms with Gasteiger partial charge in [-0.15, -0.1) is 0 Å². The fourth-order valence-corrected chi connectivity index (χ4v) is 2.01. The third kappa shape index (κ3) is 4.77. The van der Waals surface area contributed by atoms with Crippen molar-refractivity contribution in [3.63, 3.8) is 0 Å². The van der Waals surface area contributed by atoms with E-state index in [1.165, 1.54) is 0 Å². The predicted molar refractivity (Wildman–Crippen MR) is 82.6 cm³/mol. The number of nitrogens with two attached hydrogens (primary N) is 1. The van der Waals surface area contributed by atoms with Crippen LogP contribution >= 0.6 is 0 Å². The van der Waals surface area contributed by atoms with E-state index < -0.39 is 0 Å². The van der Waals surface area contributed by atoms with Gasteiger partial charge >= 0.3 is 0 Å². The largest absolute Gasteiger partial charge is 0.490 e. The van der Waals surface area contributed by atoms with E-state index in [1.807, 2.05) is 48.5 Å². The van der Waals surface area contributed by atoms with Gasteiger partial charge in [0.15, 0.2) is 0 Å². The molecular formula is C17H21NO3. The van der Waals surface area contributed by atoms with Crippen LogP contribution in [0.15, 0.2) is 48.5 Å². The third-order valence-corrected chi connectivity index (χ3v) is 3.13. The summed E-state index contributed by atoms with van der Waals surface area (Å²) in [4.78, 5) is 0. The van der Waals surface area contributed by atoms with E-state index in [2.05, 4.69) is 0 Å². The van der Waals surface area contributed by atoms with Crippen LogP contribution in [0.1, 0.15) is 11.1 Å². The van der Waals surface area contributed by atoms with Gasteiger partial charge in [-0.1, -0.05) is 30.3 Å². The monoisotopic (exact) mass is 287 g/mol. The van der Waals surface area contributed by atoms with Gasteiger partial charge in [-0.3, -0.25) is 0 Å². The Morgan fingerprint density at radius 3 is 2.33 bits per heavy atom. The number of hydrogen-bond donors (Lipinski definition) is 2. The molecule has 0 aliphatic heterocycles. The Bertz CT molecular complexity index is 540. The van der Waals surface area contributed by atoms with E-state index >= 15 is 0 Å². The summed E-state index contributed by atoms with van der Waals surface area (Å²) < 4.78 is 11.3. The maximum atomic E-state index is 8.86. The van der Waals surface area contributed by atoms with Crippen LogP contribution in [0, 0.1) is 0 Å². The molecule has 2 aromatic carbocycles. The van der Waals surface area contributed by atoms with E-state index in [4.69, 9.17) is 20.3 Å². The molecule has 4 heteroatoms. The van der Waals surface area contributed by atoms with Crippen molar-refractivity contribution in [1.82, 2.24) is 0 Å². The molecule has 0 fully saturated rings. The van der Waals surface area contributed by atoms with Crippen molar-refractivity contribution in [2.45, 2.75) is 13.0 Å². The number of para-hydroxylation sites is 1. The minimum Gasteiger partial charge on any atom is -0.490 e. The van der Waals surface area contributed by atoms with Crippen molar-refractivity contribution in [3.05, 3.63) is 59.7 Å². The zero-order chi connectivity index (χ0) is 14.9. The molecule has 0 heterocycles. The first-order valence-corrected chi connectivity index (χ1v) is 7.07. The highest BCUT2D eigenvalue weighted by Gasteiger charge is 2.01. The average molecular weight is 287 g/mol. The number of rotatable bonds is 8. The molecule has 0 bridgehead atoms. The van der Waals surface area contributed by atoms with Crippen LogP contribution in [0.2, 0.25) is 0 Å². The van der Waals surface area contributed by atoms with Gasteiger partial charge in [0.1, 0.15) is 24.7 Å². The first-order valence-electron chi connectivity index (χ1n) is 7.07. The Hall–Kier alpha value is -2.04. The second kappa shape index (κ2) is 8.29. The standard InChI is InChI=1S/C17H21NO3/c18-13-15-3-1-2-4-17(15)21-12-11-20-16-7-5-14(6-8-16)9-10-19/h1-8,19H,9-13,18H2. The zero-order valence-electron chi connectivity index (χ0n) is 12.0. The van der Waals surface area contributed by atoms with Crippen LogP contribution in [0.3, 0.4) is 0 Å². The fourth-order valence-electron chi connectivity index (χ4n) is 2.01. The van der Waals surface area contributed by atoms with E-state index in [0.29, 0.717) is 26.2 Å². The van der Waals surface area contributed by atoms with Crippen molar-refractivity contribution in [3.8, 4) is 11.5 Å². The lowest BCUT2D eigenvalue weighted by Gasteiger charge is -2.11. The van der Waals surface area contributed by atoms with Crippen LogP contribution in [0.25, 0.3) is 0 Å². The lowest BCUT2D eigenvalue weighted by atomic mass is 10.1. The van der Waals surface area contributed by atoms with Crippen LogP contribution in [-0.4, -0.2) is 24.9 Å². The average Bonchev–Trinajstić information content (AvgIpc) is 2.54. The van der Waals surface area contributed by atoms with Crippen LogP contribution in [0.5, 0.6) is 11.5 Å². The Morgan fingerprint density at radius 1 is 0.905 bits per heavy atom. The highest BCUT2D eigenvalue weighted by atomic mass is 16.5. The molecule has 21 heavy (non-hydrogen) atoms. The molecule has 0 aliphatic rings. The zero-order valence-corrected chi connectivity index (χ0v) is 12.0. The van der Waals surface area contributed by atoms with Crippen LogP contribution in [0.4, 0.5) is 0 Å². The summed E-state index contributed by atoms with van der Waals surface area (Å²) in [6.45, 7) is 1.56. The number of benzene rings is 2. The van der Waals surface area contributed by atoms with Crippen molar-refractivity contribution >= 4 is 0 Å². The molecule has 0 atom stereocenters. The van der Waals surface area contributed by atoms with Gasteiger partial charge in [0.05, 0.1) is 0 Å². The van der Waals surface area contributed by atoms with Crippen molar-refractivity contribution in [2.75, 3.05) is 19.8 Å². The van der Waals surface area contributed by atoms with Crippen molar-refractivity contribution in [2.24, 2.45) is 5.73 Å². The minimum absolute atomic E-state index is 0.161. The summed E-state index contributed by atoms with van der Waals surface area (Å²) in [6.07, 6.45) is 0.666. The molecule has 0 unspecified atom stereocenters. The molecule has 2 aromatic rings. The quantitative estimate of drug-likeness (QED) is 0.730. The Kier molecular flexibility index (Phi) is 6.06. The molecule has 0 aliphatic carbocycles. The molecule has 2 rings (SSSR count). The molecule has 112 valence electrons. The molecule has 4 nitrogen and oxygen atoms in total. The highest BCUT2D eigenvalue weighted by Crippen LogP contribution is 2.17. The van der Waals surface area contributed by atoms with E-state index in [1.54, 1.807) is 0 Å². The molecule has 0 amide bonds. The van der Waals surface area contributed by atoms with Crippen molar-refractivity contribution in [1.29, 1.82) is 0 Å². The second-order valence-electron chi connectivity index (χ2n) is 4.63. The van der Waals surface area contributed by atoms with E-state index in [-0.39, 0.29) is 6.61 Å². The maximum Gasteiger partial charge on any atom is 0.123 e. The van der Waals surface area contributed by atoms with Gasteiger partial charge in [0.2, 0.25) is 0 Å². The van der Waals surface area contributed by atoms with Gasteiger partial charge in [-0.25, -0.2) is 0 Å². The molecule has 0 saturated heterocycles. The molecular weight excluding hydrogens is 266 g/mol. The summed E-state index contributed by atoms with van der Waals surface area (Å²) in [5.74, 6) is 1.61. The normalized spacial score (nSPS) is 10.4. The van der Waals surface area contributed by atoms with E-state index in [0.717, 1.165) is 22.6 Å². The summed E-state index contributed by atoms with van der Waals surface area (Å²) in [5, 5.41) is 8.86. The minimum atomic E-state index is 0.161. The molecule has 0 saturated carbocycles. The molecule has 0 radical (unpaired) electrons. The lowest BCUT2D eigenvalue weighted by molar-refractivity contribution is 0.216. The first-order chi connectivity index (χ1) is 10.3. The summed E-state index contributed by atoms with van der Waals surface area (Å²) >= 11 is 0. The van der Waals surface area contributed by atoms with Gasteiger partial charge in [0, 0.05) is 18.7 Å². The SMILES string of the molecule is NCc1ccccc1OCCOc1ccc(CCO)cc1. The summed E-state index contributed by atoms with van der Waals surface area (Å²) in [5.41, 5.74) is 7.74. The van der Waals surface area contributed by atoms with Gasteiger partial charge in [-0.05, 0) is 30.2 Å². The number of hydrogen-bond acceptors (Lipinski definition) is 4. The smallest absolute Gasteiger partial charge is 0.123 e. The summed E-state index contributed by atoms with van der Waals surface area (Å²) in [7, 11) is 0. The molecule has 0 aromatic heterocycles. The van der Waals surface area contributed by atoms with Gasteiger partial charge in [-0.2, -0.15) is 0 Å². The second-order valence-corrected chi connectivity index (χ2v) is 4.63. The Balaban J connectivity index is 1.76. The third-order valence-electron chi connectivity index (χ3n) is 3.13. The molecule has 3 N–H and O–H groups in total. The Labute approximate surface area is 125 Å². The van der Waals surface area contributed by atoms with Gasteiger partial charge in [0.25, 0.3) is 0 Å². The fraction of sp³-hybridized carbons (Fsp3) is 0.294. The van der Waals surface area contributed by atoms with E-state index in [9.17, 15) is 0 Å². The van der Waals surface area contributed by atoms with Crippen LogP contribution < -0.4 is 15.2 Å². The number of ether oxygens (including phenoxy) is 2.